The number of phenols is 1. The van der Waals surface area contributed by atoms with Crippen molar-refractivity contribution in [3.63, 3.8) is 0 Å². The first kappa shape index (κ1) is 20.2. The van der Waals surface area contributed by atoms with Crippen LogP contribution in [0, 0.1) is 11.0 Å². The number of halogens is 1. The molecule has 1 atom stereocenters. The highest BCUT2D eigenvalue weighted by atomic mass is 19.1. The van der Waals surface area contributed by atoms with E-state index in [1.807, 2.05) is 32.0 Å². The highest BCUT2D eigenvalue weighted by Crippen LogP contribution is 2.49. The van der Waals surface area contributed by atoms with E-state index in [1.165, 1.54) is 24.5 Å². The van der Waals surface area contributed by atoms with Gasteiger partial charge in [0.05, 0.1) is 11.1 Å². The van der Waals surface area contributed by atoms with Crippen LogP contribution in [0.3, 0.4) is 0 Å². The lowest BCUT2D eigenvalue weighted by molar-refractivity contribution is -0.605. The van der Waals surface area contributed by atoms with E-state index < -0.39 is 5.60 Å². The van der Waals surface area contributed by atoms with Crippen LogP contribution in [-0.2, 0) is 12.0 Å². The standard InChI is InChI=1S/C25H26FNO3/c1-16(5-4-6-17-7-9-19(26)10-8-17)18-13-22(28)24-20-15-27(29)12-11-21(20)25(2,3)30-23(24)14-18/h7-16,28H,4-6H2,1-3H3. The Hall–Kier alpha value is -3.08. The average Bonchev–Trinajstić information content (AvgIpc) is 2.68. The van der Waals surface area contributed by atoms with Crippen LogP contribution in [0.4, 0.5) is 4.39 Å². The van der Waals surface area contributed by atoms with Crippen LogP contribution in [0.15, 0.2) is 54.9 Å². The van der Waals surface area contributed by atoms with Crippen molar-refractivity contribution in [1.29, 1.82) is 0 Å². The van der Waals surface area contributed by atoms with Crippen molar-refractivity contribution in [2.45, 2.75) is 51.6 Å². The molecular weight excluding hydrogens is 381 g/mol. The number of hydrogen-bond acceptors (Lipinski definition) is 3. The number of aromatic hydroxyl groups is 1. The summed E-state index contributed by atoms with van der Waals surface area (Å²) in [6.07, 6.45) is 5.70. The van der Waals surface area contributed by atoms with E-state index in [1.54, 1.807) is 12.1 Å². The third-order valence-electron chi connectivity index (χ3n) is 5.91. The second-order valence-electron chi connectivity index (χ2n) is 8.58. The van der Waals surface area contributed by atoms with Gasteiger partial charge < -0.3 is 15.1 Å². The van der Waals surface area contributed by atoms with Crippen LogP contribution in [0.2, 0.25) is 0 Å². The first-order valence-electron chi connectivity index (χ1n) is 10.3. The van der Waals surface area contributed by atoms with Crippen molar-refractivity contribution < 1.29 is 19.0 Å². The summed E-state index contributed by atoms with van der Waals surface area (Å²) >= 11 is 0. The van der Waals surface area contributed by atoms with Gasteiger partial charge in [-0.05, 0) is 74.4 Å². The van der Waals surface area contributed by atoms with Crippen LogP contribution in [0.1, 0.15) is 56.2 Å². The molecule has 0 amide bonds. The molecule has 0 aliphatic carbocycles. The second kappa shape index (κ2) is 7.63. The Morgan fingerprint density at radius 2 is 1.90 bits per heavy atom. The predicted molar refractivity (Wildman–Crippen MR) is 114 cm³/mol. The zero-order valence-electron chi connectivity index (χ0n) is 17.5. The molecular formula is C25H26FNO3. The number of benzene rings is 2. The van der Waals surface area contributed by atoms with Gasteiger partial charge in [-0.15, -0.1) is 0 Å². The minimum absolute atomic E-state index is 0.121. The minimum atomic E-state index is -0.604. The average molecular weight is 407 g/mol. The molecule has 1 aliphatic rings. The molecule has 0 bridgehead atoms. The summed E-state index contributed by atoms with van der Waals surface area (Å²) in [6, 6.07) is 12.1. The fourth-order valence-electron chi connectivity index (χ4n) is 4.22. The first-order chi connectivity index (χ1) is 14.2. The minimum Gasteiger partial charge on any atom is -0.619 e. The molecule has 4 nitrogen and oxygen atoms in total. The van der Waals surface area contributed by atoms with Gasteiger partial charge in [-0.2, -0.15) is 4.73 Å². The highest BCUT2D eigenvalue weighted by Gasteiger charge is 2.36. The first-order valence-corrected chi connectivity index (χ1v) is 10.3. The zero-order chi connectivity index (χ0) is 21.5. The Morgan fingerprint density at radius 1 is 1.17 bits per heavy atom. The van der Waals surface area contributed by atoms with Gasteiger partial charge in [0.15, 0.2) is 12.4 Å². The summed E-state index contributed by atoms with van der Waals surface area (Å²) in [4.78, 5) is 0. The number of ether oxygens (including phenoxy) is 1. The topological polar surface area (TPSA) is 56.4 Å². The molecule has 0 saturated heterocycles. The van der Waals surface area contributed by atoms with Gasteiger partial charge >= 0.3 is 0 Å². The van der Waals surface area contributed by atoms with Crippen molar-refractivity contribution in [3.05, 3.63) is 82.6 Å². The molecule has 0 fully saturated rings. The molecule has 3 aromatic rings. The maximum atomic E-state index is 13.0. The number of hydrogen-bond donors (Lipinski definition) is 1. The second-order valence-corrected chi connectivity index (χ2v) is 8.58. The molecule has 1 unspecified atom stereocenters. The van der Waals surface area contributed by atoms with Crippen LogP contribution in [0.5, 0.6) is 11.5 Å². The SMILES string of the molecule is CC(CCCc1ccc(F)cc1)c1cc(O)c2c(c1)OC(C)(C)c1cc[n+]([O-])cc1-2. The van der Waals surface area contributed by atoms with Crippen molar-refractivity contribution in [3.8, 4) is 22.6 Å². The number of aryl methyl sites for hydroxylation is 1. The number of aromatic nitrogens is 1. The molecule has 0 saturated carbocycles. The van der Waals surface area contributed by atoms with Gasteiger partial charge in [0, 0.05) is 11.6 Å². The number of fused-ring (bicyclic) bond motifs is 3. The molecule has 1 aliphatic heterocycles. The summed E-state index contributed by atoms with van der Waals surface area (Å²) < 4.78 is 20.0. The van der Waals surface area contributed by atoms with E-state index in [0.29, 0.717) is 16.9 Å². The summed E-state index contributed by atoms with van der Waals surface area (Å²) in [7, 11) is 0. The Bertz CT molecular complexity index is 1080. The van der Waals surface area contributed by atoms with Crippen LogP contribution >= 0.6 is 0 Å². The molecule has 4 rings (SSSR count). The van der Waals surface area contributed by atoms with E-state index in [2.05, 4.69) is 6.92 Å². The van der Waals surface area contributed by atoms with Gasteiger partial charge in [0.2, 0.25) is 0 Å². The van der Waals surface area contributed by atoms with E-state index in [-0.39, 0.29) is 17.5 Å². The van der Waals surface area contributed by atoms with Gasteiger partial charge in [0.25, 0.3) is 0 Å². The highest BCUT2D eigenvalue weighted by molar-refractivity contribution is 5.81. The molecule has 5 heteroatoms. The van der Waals surface area contributed by atoms with Crippen LogP contribution in [0.25, 0.3) is 11.1 Å². The van der Waals surface area contributed by atoms with Crippen molar-refractivity contribution in [2.75, 3.05) is 0 Å². The maximum absolute atomic E-state index is 13.0. The Labute approximate surface area is 176 Å². The molecule has 1 N–H and O–H groups in total. The summed E-state index contributed by atoms with van der Waals surface area (Å²) in [5.74, 6) is 0.716. The van der Waals surface area contributed by atoms with Gasteiger partial charge in [0.1, 0.15) is 22.9 Å². The van der Waals surface area contributed by atoms with E-state index in [0.717, 1.165) is 40.7 Å². The normalized spacial score (nSPS) is 15.1. The number of nitrogens with zero attached hydrogens (tertiary/aromatic N) is 1. The van der Waals surface area contributed by atoms with Gasteiger partial charge in [-0.3, -0.25) is 0 Å². The quantitative estimate of drug-likeness (QED) is 0.443. The lowest BCUT2D eigenvalue weighted by Crippen LogP contribution is -2.33. The van der Waals surface area contributed by atoms with E-state index in [9.17, 15) is 14.7 Å². The fourth-order valence-corrected chi connectivity index (χ4v) is 4.22. The molecule has 2 aromatic carbocycles. The summed E-state index contributed by atoms with van der Waals surface area (Å²) in [5, 5.41) is 22.7. The molecule has 2 heterocycles. The molecule has 0 spiro atoms. The largest absolute Gasteiger partial charge is 0.619 e. The fraction of sp³-hybridized carbons (Fsp3) is 0.320. The number of phenolic OH excluding ortho intramolecular Hbond substituents is 1. The molecule has 156 valence electrons. The number of rotatable bonds is 5. The Morgan fingerprint density at radius 3 is 2.63 bits per heavy atom. The van der Waals surface area contributed by atoms with Crippen molar-refractivity contribution >= 4 is 0 Å². The zero-order valence-corrected chi connectivity index (χ0v) is 17.5. The van der Waals surface area contributed by atoms with Crippen molar-refractivity contribution in [2.24, 2.45) is 0 Å². The smallest absolute Gasteiger partial charge is 0.188 e. The van der Waals surface area contributed by atoms with E-state index in [4.69, 9.17) is 4.74 Å². The molecule has 1 aromatic heterocycles. The lowest BCUT2D eigenvalue weighted by Gasteiger charge is -2.34. The monoisotopic (exact) mass is 407 g/mol. The third kappa shape index (κ3) is 3.84. The number of pyridine rings is 1. The lowest BCUT2D eigenvalue weighted by atomic mass is 9.85. The van der Waals surface area contributed by atoms with E-state index >= 15 is 0 Å². The molecule has 30 heavy (non-hydrogen) atoms. The Balaban J connectivity index is 1.57. The Kier molecular flexibility index (Phi) is 5.14. The summed E-state index contributed by atoms with van der Waals surface area (Å²) in [6.45, 7) is 6.04. The third-order valence-corrected chi connectivity index (χ3v) is 5.91. The predicted octanol–water partition coefficient (Wildman–Crippen LogP) is 5.59. The van der Waals surface area contributed by atoms with Crippen LogP contribution < -0.4 is 9.47 Å². The van der Waals surface area contributed by atoms with Gasteiger partial charge in [-0.25, -0.2) is 4.39 Å². The van der Waals surface area contributed by atoms with Gasteiger partial charge in [-0.1, -0.05) is 19.1 Å². The molecule has 0 radical (unpaired) electrons. The van der Waals surface area contributed by atoms with Crippen molar-refractivity contribution in [1.82, 2.24) is 0 Å². The van der Waals surface area contributed by atoms with Crippen LogP contribution in [-0.4, -0.2) is 5.11 Å². The maximum Gasteiger partial charge on any atom is 0.188 e. The summed E-state index contributed by atoms with van der Waals surface area (Å²) in [5.41, 5.74) is 3.65.